The Balaban J connectivity index is 1.94. The van der Waals surface area contributed by atoms with Crippen LogP contribution in [0.2, 0.25) is 0 Å². The maximum Gasteiger partial charge on any atom is 0.0221 e. The number of hydrogen-bond acceptors (Lipinski definition) is 0. The monoisotopic (exact) mass is 331 g/mol. The van der Waals surface area contributed by atoms with Crippen molar-refractivity contribution in [2.45, 2.75) is 83.5 Å². The standard InChI is InChI=1S/C25H31/c1-3-5-7-13-19-25(20-14-8-6-4-2)23-17-11-9-15-21(23)22-16-10-12-18-24(22)25/h9-10,15-17H,3-8,13-14,19-20H2,1-2H3. The largest absolute Gasteiger partial charge is 0.0654 e. The van der Waals surface area contributed by atoms with Crippen molar-refractivity contribution >= 4 is 0 Å². The lowest BCUT2D eigenvalue weighted by atomic mass is 9.70. The number of fused-ring (bicyclic) bond motifs is 3. The molecule has 2 aromatic rings. The third-order valence-corrected chi connectivity index (χ3v) is 5.86. The Morgan fingerprint density at radius 3 is 2.16 bits per heavy atom. The smallest absolute Gasteiger partial charge is 0.0221 e. The van der Waals surface area contributed by atoms with Crippen LogP contribution < -0.4 is 0 Å². The number of benzene rings is 2. The van der Waals surface area contributed by atoms with Crippen LogP contribution in [0.1, 0.15) is 89.2 Å². The molecule has 0 saturated carbocycles. The highest BCUT2D eigenvalue weighted by molar-refractivity contribution is 5.80. The molecule has 25 heavy (non-hydrogen) atoms. The Labute approximate surface area is 154 Å². The molecule has 0 N–H and O–H groups in total. The highest BCUT2D eigenvalue weighted by Crippen LogP contribution is 2.53. The number of unbranched alkanes of at least 4 members (excludes halogenated alkanes) is 6. The minimum atomic E-state index is 0.141. The van der Waals surface area contributed by atoms with Crippen LogP contribution in [0.25, 0.3) is 11.1 Å². The van der Waals surface area contributed by atoms with Gasteiger partial charge in [-0.05, 0) is 59.4 Å². The molecular weight excluding hydrogens is 300 g/mol. The molecule has 1 aliphatic carbocycles. The molecule has 0 bridgehead atoms. The van der Waals surface area contributed by atoms with Crippen LogP contribution in [0.15, 0.2) is 30.3 Å². The van der Waals surface area contributed by atoms with Crippen molar-refractivity contribution < 1.29 is 0 Å². The first-order chi connectivity index (χ1) is 12.3. The van der Waals surface area contributed by atoms with Gasteiger partial charge in [0.2, 0.25) is 0 Å². The summed E-state index contributed by atoms with van der Waals surface area (Å²) in [6, 6.07) is 21.0. The van der Waals surface area contributed by atoms with Crippen LogP contribution in [0, 0.1) is 18.2 Å². The highest BCUT2D eigenvalue weighted by Gasteiger charge is 2.41. The molecule has 0 heterocycles. The fourth-order valence-electron chi connectivity index (χ4n) is 4.54. The van der Waals surface area contributed by atoms with E-state index >= 15 is 0 Å². The fraction of sp³-hybridized carbons (Fsp3) is 0.520. The Kier molecular flexibility index (Phi) is 6.34. The second-order valence-corrected chi connectivity index (χ2v) is 7.57. The summed E-state index contributed by atoms with van der Waals surface area (Å²) >= 11 is 0. The summed E-state index contributed by atoms with van der Waals surface area (Å²) in [4.78, 5) is 0. The van der Waals surface area contributed by atoms with Crippen LogP contribution >= 0.6 is 0 Å². The normalized spacial score (nSPS) is 14.3. The first kappa shape index (κ1) is 18.2. The Bertz CT molecular complexity index is 608. The summed E-state index contributed by atoms with van der Waals surface area (Å²) in [6.45, 7) is 4.58. The van der Waals surface area contributed by atoms with Crippen molar-refractivity contribution in [2.75, 3.05) is 0 Å². The van der Waals surface area contributed by atoms with E-state index in [-0.39, 0.29) is 5.41 Å². The van der Waals surface area contributed by atoms with Crippen molar-refractivity contribution in [3.8, 4) is 11.1 Å². The molecule has 0 fully saturated rings. The zero-order valence-corrected chi connectivity index (χ0v) is 16.0. The molecule has 0 aromatic heterocycles. The third kappa shape index (κ3) is 3.68. The lowest BCUT2D eigenvalue weighted by Crippen LogP contribution is -2.25. The van der Waals surface area contributed by atoms with Gasteiger partial charge in [-0.1, -0.05) is 89.5 Å². The average molecular weight is 332 g/mol. The predicted octanol–water partition coefficient (Wildman–Crippen LogP) is 7.29. The Morgan fingerprint density at radius 2 is 1.48 bits per heavy atom. The molecule has 0 unspecified atom stereocenters. The van der Waals surface area contributed by atoms with Gasteiger partial charge in [-0.25, -0.2) is 0 Å². The zero-order chi connectivity index (χ0) is 17.5. The van der Waals surface area contributed by atoms with Crippen molar-refractivity contribution in [3.63, 3.8) is 0 Å². The molecule has 0 atom stereocenters. The van der Waals surface area contributed by atoms with Gasteiger partial charge < -0.3 is 0 Å². The van der Waals surface area contributed by atoms with E-state index in [1.54, 1.807) is 0 Å². The molecule has 0 saturated heterocycles. The topological polar surface area (TPSA) is 0 Å². The molecule has 1 aliphatic rings. The van der Waals surface area contributed by atoms with Gasteiger partial charge in [0, 0.05) is 5.41 Å². The third-order valence-electron chi connectivity index (χ3n) is 5.86. The molecular formula is C25H31. The van der Waals surface area contributed by atoms with Gasteiger partial charge >= 0.3 is 0 Å². The second kappa shape index (κ2) is 8.70. The lowest BCUT2D eigenvalue weighted by molar-refractivity contribution is 0.400. The highest BCUT2D eigenvalue weighted by atomic mass is 14.4. The Hall–Kier alpha value is -1.56. The van der Waals surface area contributed by atoms with E-state index < -0.39 is 0 Å². The molecule has 3 radical (unpaired) electrons. The van der Waals surface area contributed by atoms with Crippen LogP contribution in [0.3, 0.4) is 0 Å². The maximum absolute atomic E-state index is 3.53. The van der Waals surface area contributed by atoms with E-state index in [9.17, 15) is 0 Å². The Morgan fingerprint density at radius 1 is 0.800 bits per heavy atom. The molecule has 0 nitrogen and oxygen atoms in total. The van der Waals surface area contributed by atoms with Gasteiger partial charge in [0.15, 0.2) is 0 Å². The second-order valence-electron chi connectivity index (χ2n) is 7.57. The van der Waals surface area contributed by atoms with E-state index in [2.05, 4.69) is 56.3 Å². The van der Waals surface area contributed by atoms with E-state index in [1.165, 1.54) is 86.5 Å². The van der Waals surface area contributed by atoms with Crippen molar-refractivity contribution in [1.82, 2.24) is 0 Å². The summed E-state index contributed by atoms with van der Waals surface area (Å²) in [5.74, 6) is 0. The molecule has 131 valence electrons. The summed E-state index contributed by atoms with van der Waals surface area (Å²) in [6.07, 6.45) is 13.0. The first-order valence-corrected chi connectivity index (χ1v) is 10.3. The zero-order valence-electron chi connectivity index (χ0n) is 16.0. The van der Waals surface area contributed by atoms with Crippen molar-refractivity contribution in [1.29, 1.82) is 0 Å². The van der Waals surface area contributed by atoms with Crippen molar-refractivity contribution in [2.24, 2.45) is 0 Å². The summed E-state index contributed by atoms with van der Waals surface area (Å²) in [5.41, 5.74) is 5.83. The summed E-state index contributed by atoms with van der Waals surface area (Å²) in [7, 11) is 0. The van der Waals surface area contributed by atoms with Gasteiger partial charge in [0.25, 0.3) is 0 Å². The van der Waals surface area contributed by atoms with Crippen LogP contribution in [-0.2, 0) is 5.41 Å². The minimum Gasteiger partial charge on any atom is -0.0654 e. The average Bonchev–Trinajstić information content (AvgIpc) is 2.94. The van der Waals surface area contributed by atoms with Crippen molar-refractivity contribution in [3.05, 3.63) is 59.7 Å². The van der Waals surface area contributed by atoms with Gasteiger partial charge in [0.1, 0.15) is 0 Å². The first-order valence-electron chi connectivity index (χ1n) is 10.3. The van der Waals surface area contributed by atoms with Crippen LogP contribution in [0.4, 0.5) is 0 Å². The van der Waals surface area contributed by atoms with Gasteiger partial charge in [-0.2, -0.15) is 0 Å². The SMILES string of the molecule is CCCCCCC1(CCCCCC)c2[c][c]ccc2-c2cc[c]cc21. The molecule has 0 amide bonds. The summed E-state index contributed by atoms with van der Waals surface area (Å²) < 4.78 is 0. The van der Waals surface area contributed by atoms with Gasteiger partial charge in [-0.15, -0.1) is 0 Å². The van der Waals surface area contributed by atoms with E-state index in [0.29, 0.717) is 0 Å². The summed E-state index contributed by atoms with van der Waals surface area (Å²) in [5, 5.41) is 0. The predicted molar refractivity (Wildman–Crippen MR) is 107 cm³/mol. The van der Waals surface area contributed by atoms with Crippen LogP contribution in [0.5, 0.6) is 0 Å². The van der Waals surface area contributed by atoms with E-state index in [1.807, 2.05) is 6.07 Å². The number of rotatable bonds is 10. The minimum absolute atomic E-state index is 0.141. The molecule has 0 spiro atoms. The molecule has 0 aliphatic heterocycles. The van der Waals surface area contributed by atoms with E-state index in [0.717, 1.165) is 0 Å². The number of hydrogen-bond donors (Lipinski definition) is 0. The maximum atomic E-state index is 3.53. The van der Waals surface area contributed by atoms with Gasteiger partial charge in [-0.3, -0.25) is 0 Å². The molecule has 0 heteroatoms. The van der Waals surface area contributed by atoms with Gasteiger partial charge in [0.05, 0.1) is 0 Å². The lowest BCUT2D eigenvalue weighted by Gasteiger charge is -2.32. The van der Waals surface area contributed by atoms with E-state index in [4.69, 9.17) is 0 Å². The quantitative estimate of drug-likeness (QED) is 0.401. The molecule has 3 rings (SSSR count). The fourth-order valence-corrected chi connectivity index (χ4v) is 4.54. The van der Waals surface area contributed by atoms with Crippen LogP contribution in [-0.4, -0.2) is 0 Å². The molecule has 2 aromatic carbocycles.